The average molecular weight is 330 g/mol. The van der Waals surface area contributed by atoms with Gasteiger partial charge >= 0.3 is 11.7 Å². The summed E-state index contributed by atoms with van der Waals surface area (Å²) in [7, 11) is 0. The predicted molar refractivity (Wildman–Crippen MR) is 81.2 cm³/mol. The second-order valence-electron chi connectivity index (χ2n) is 4.26. The SMILES string of the molecule is CSCC[C@H](NC(N)=O)C(=O)Nc1ccc(F)c([N+](=O)[O-])c1. The van der Waals surface area contributed by atoms with Gasteiger partial charge in [0.05, 0.1) is 4.92 Å². The molecule has 120 valence electrons. The molecule has 0 saturated heterocycles. The molecule has 10 heteroatoms. The molecule has 0 bridgehead atoms. The Bertz CT molecular complexity index is 584. The van der Waals surface area contributed by atoms with Gasteiger partial charge in [0.2, 0.25) is 11.7 Å². The third-order valence-corrected chi connectivity index (χ3v) is 3.30. The molecule has 1 rings (SSSR count). The van der Waals surface area contributed by atoms with Gasteiger partial charge in [0.1, 0.15) is 6.04 Å². The first-order chi connectivity index (χ1) is 10.3. The number of thioether (sulfide) groups is 1. The Balaban J connectivity index is 2.86. The molecule has 0 unspecified atom stereocenters. The van der Waals surface area contributed by atoms with Crippen LogP contribution in [0.1, 0.15) is 6.42 Å². The van der Waals surface area contributed by atoms with Crippen molar-refractivity contribution in [1.82, 2.24) is 5.32 Å². The first kappa shape index (κ1) is 17.7. The number of anilines is 1. The molecule has 4 N–H and O–H groups in total. The maximum atomic E-state index is 13.2. The van der Waals surface area contributed by atoms with Crippen molar-refractivity contribution in [3.8, 4) is 0 Å². The number of nitro benzene ring substituents is 1. The van der Waals surface area contributed by atoms with Crippen molar-refractivity contribution < 1.29 is 18.9 Å². The Morgan fingerprint density at radius 2 is 2.18 bits per heavy atom. The van der Waals surface area contributed by atoms with E-state index in [1.807, 2.05) is 6.26 Å². The molecule has 0 aliphatic carbocycles. The number of primary amides is 1. The topological polar surface area (TPSA) is 127 Å². The molecule has 1 aromatic rings. The van der Waals surface area contributed by atoms with Gasteiger partial charge in [0.25, 0.3) is 0 Å². The molecule has 1 aromatic carbocycles. The highest BCUT2D eigenvalue weighted by molar-refractivity contribution is 7.98. The molecule has 0 saturated carbocycles. The largest absolute Gasteiger partial charge is 0.352 e. The van der Waals surface area contributed by atoms with E-state index in [1.54, 1.807) is 0 Å². The van der Waals surface area contributed by atoms with Gasteiger partial charge in [-0.05, 0) is 30.6 Å². The van der Waals surface area contributed by atoms with Gasteiger partial charge in [-0.25, -0.2) is 4.79 Å². The van der Waals surface area contributed by atoms with Crippen LogP contribution in [0.4, 0.5) is 20.6 Å². The standard InChI is InChI=1S/C12H15FN4O4S/c1-22-5-4-9(16-12(14)19)11(18)15-7-2-3-8(13)10(6-7)17(20)21/h2-3,6,9H,4-5H2,1H3,(H,15,18)(H3,14,16,19)/t9-/m0/s1. The summed E-state index contributed by atoms with van der Waals surface area (Å²) in [5.41, 5.74) is 4.31. The van der Waals surface area contributed by atoms with Crippen LogP contribution in [0.2, 0.25) is 0 Å². The smallest absolute Gasteiger partial charge is 0.312 e. The molecule has 0 aromatic heterocycles. The first-order valence-electron chi connectivity index (χ1n) is 6.15. The van der Waals surface area contributed by atoms with E-state index in [0.717, 1.165) is 12.1 Å². The van der Waals surface area contributed by atoms with Crippen LogP contribution in [0.15, 0.2) is 18.2 Å². The fraction of sp³-hybridized carbons (Fsp3) is 0.333. The molecule has 0 spiro atoms. The quantitative estimate of drug-likeness (QED) is 0.515. The average Bonchev–Trinajstić information content (AvgIpc) is 2.44. The van der Waals surface area contributed by atoms with E-state index >= 15 is 0 Å². The Morgan fingerprint density at radius 1 is 1.50 bits per heavy atom. The minimum Gasteiger partial charge on any atom is -0.352 e. The summed E-state index contributed by atoms with van der Waals surface area (Å²) < 4.78 is 13.2. The van der Waals surface area contributed by atoms with Crippen molar-refractivity contribution in [3.63, 3.8) is 0 Å². The predicted octanol–water partition coefficient (Wildman–Crippen LogP) is 1.46. The first-order valence-corrected chi connectivity index (χ1v) is 7.54. The van der Waals surface area contributed by atoms with Gasteiger partial charge in [0.15, 0.2) is 0 Å². The number of benzene rings is 1. The van der Waals surface area contributed by atoms with E-state index in [0.29, 0.717) is 12.2 Å². The summed E-state index contributed by atoms with van der Waals surface area (Å²) in [6.07, 6.45) is 2.17. The molecule has 0 fully saturated rings. The molecule has 0 aliphatic rings. The second-order valence-corrected chi connectivity index (χ2v) is 5.24. The fourth-order valence-electron chi connectivity index (χ4n) is 1.64. The number of carbonyl (C=O) groups is 2. The van der Waals surface area contributed by atoms with Crippen LogP contribution < -0.4 is 16.4 Å². The number of nitro groups is 1. The Labute approximate surface area is 129 Å². The normalized spacial score (nSPS) is 11.5. The van der Waals surface area contributed by atoms with Crippen molar-refractivity contribution in [1.29, 1.82) is 0 Å². The zero-order valence-electron chi connectivity index (χ0n) is 11.7. The van der Waals surface area contributed by atoms with Crippen LogP contribution in [-0.4, -0.2) is 34.9 Å². The zero-order valence-corrected chi connectivity index (χ0v) is 12.5. The van der Waals surface area contributed by atoms with E-state index in [1.165, 1.54) is 17.8 Å². The van der Waals surface area contributed by atoms with Gasteiger partial charge in [0, 0.05) is 11.8 Å². The lowest BCUT2D eigenvalue weighted by Crippen LogP contribution is -2.46. The van der Waals surface area contributed by atoms with E-state index in [-0.39, 0.29) is 5.69 Å². The summed E-state index contributed by atoms with van der Waals surface area (Å²) in [6.45, 7) is 0. The second kappa shape index (κ2) is 8.17. The zero-order chi connectivity index (χ0) is 16.7. The number of rotatable bonds is 7. The van der Waals surface area contributed by atoms with Gasteiger partial charge in [-0.2, -0.15) is 16.2 Å². The van der Waals surface area contributed by atoms with E-state index in [2.05, 4.69) is 10.6 Å². The number of hydrogen-bond donors (Lipinski definition) is 3. The third kappa shape index (κ3) is 5.20. The van der Waals surface area contributed by atoms with Crippen LogP contribution in [-0.2, 0) is 4.79 Å². The van der Waals surface area contributed by atoms with Crippen molar-refractivity contribution in [3.05, 3.63) is 34.1 Å². The number of nitrogens with zero attached hydrogens (tertiary/aromatic N) is 1. The van der Waals surface area contributed by atoms with Crippen molar-refractivity contribution in [2.75, 3.05) is 17.3 Å². The number of nitrogens with two attached hydrogens (primary N) is 1. The number of hydrogen-bond acceptors (Lipinski definition) is 5. The maximum Gasteiger partial charge on any atom is 0.312 e. The Morgan fingerprint density at radius 3 is 2.73 bits per heavy atom. The van der Waals surface area contributed by atoms with Gasteiger partial charge < -0.3 is 16.4 Å². The number of nitrogens with one attached hydrogen (secondary N) is 2. The van der Waals surface area contributed by atoms with Crippen LogP contribution in [0.3, 0.4) is 0 Å². The van der Waals surface area contributed by atoms with Gasteiger partial charge in [-0.15, -0.1) is 0 Å². The van der Waals surface area contributed by atoms with Crippen LogP contribution in [0.5, 0.6) is 0 Å². The Kier molecular flexibility index (Phi) is 6.57. The summed E-state index contributed by atoms with van der Waals surface area (Å²) in [5.74, 6) is -0.993. The monoisotopic (exact) mass is 330 g/mol. The molecule has 22 heavy (non-hydrogen) atoms. The molecule has 8 nitrogen and oxygen atoms in total. The summed E-state index contributed by atoms with van der Waals surface area (Å²) in [4.78, 5) is 32.7. The van der Waals surface area contributed by atoms with E-state index in [9.17, 15) is 24.1 Å². The number of amides is 3. The summed E-state index contributed by atoms with van der Waals surface area (Å²) >= 11 is 1.48. The summed E-state index contributed by atoms with van der Waals surface area (Å²) in [6, 6.07) is 1.24. The molecule has 3 amide bonds. The number of halogens is 1. The Hall–Kier alpha value is -2.36. The molecular weight excluding hydrogens is 315 g/mol. The third-order valence-electron chi connectivity index (χ3n) is 2.65. The van der Waals surface area contributed by atoms with Gasteiger partial charge in [-0.1, -0.05) is 0 Å². The molecule has 0 heterocycles. The molecule has 1 atom stereocenters. The van der Waals surface area contributed by atoms with Crippen molar-refractivity contribution in [2.45, 2.75) is 12.5 Å². The van der Waals surface area contributed by atoms with Crippen LogP contribution in [0, 0.1) is 15.9 Å². The molecular formula is C12H15FN4O4S. The van der Waals surface area contributed by atoms with E-state index in [4.69, 9.17) is 5.73 Å². The van der Waals surface area contributed by atoms with Crippen LogP contribution in [0.25, 0.3) is 0 Å². The lowest BCUT2D eigenvalue weighted by Gasteiger charge is -2.16. The molecule has 0 aliphatic heterocycles. The summed E-state index contributed by atoms with van der Waals surface area (Å²) in [5, 5.41) is 15.3. The van der Waals surface area contributed by atoms with Crippen molar-refractivity contribution >= 4 is 35.1 Å². The van der Waals surface area contributed by atoms with Crippen molar-refractivity contribution in [2.24, 2.45) is 5.73 Å². The number of carbonyl (C=O) groups excluding carboxylic acids is 2. The lowest BCUT2D eigenvalue weighted by atomic mass is 10.2. The highest BCUT2D eigenvalue weighted by Crippen LogP contribution is 2.21. The van der Waals surface area contributed by atoms with E-state index < -0.39 is 34.4 Å². The highest BCUT2D eigenvalue weighted by Gasteiger charge is 2.21. The van der Waals surface area contributed by atoms with Crippen LogP contribution >= 0.6 is 11.8 Å². The minimum absolute atomic E-state index is 0.0542. The van der Waals surface area contributed by atoms with Gasteiger partial charge in [-0.3, -0.25) is 14.9 Å². The highest BCUT2D eigenvalue weighted by atomic mass is 32.2. The lowest BCUT2D eigenvalue weighted by molar-refractivity contribution is -0.387. The number of urea groups is 1. The minimum atomic E-state index is -1.00. The maximum absolute atomic E-state index is 13.2. The molecule has 0 radical (unpaired) electrons. The fourth-order valence-corrected chi connectivity index (χ4v) is 2.11.